The van der Waals surface area contributed by atoms with Gasteiger partial charge in [-0.1, -0.05) is 18.2 Å². The molecule has 1 aromatic carbocycles. The number of rotatable bonds is 6. The van der Waals surface area contributed by atoms with Gasteiger partial charge >= 0.3 is 12.3 Å². The summed E-state index contributed by atoms with van der Waals surface area (Å²) in [5.41, 5.74) is 6.49. The molecule has 0 bridgehead atoms. The highest BCUT2D eigenvalue weighted by Crippen LogP contribution is 2.26. The van der Waals surface area contributed by atoms with Crippen molar-refractivity contribution in [1.29, 1.82) is 0 Å². The van der Waals surface area contributed by atoms with Gasteiger partial charge in [-0.2, -0.15) is 13.2 Å². The molecule has 2 N–H and O–H groups in total. The van der Waals surface area contributed by atoms with Crippen LogP contribution in [0.25, 0.3) is 0 Å². The van der Waals surface area contributed by atoms with E-state index in [1.807, 2.05) is 17.5 Å². The Morgan fingerprint density at radius 1 is 1.23 bits per heavy atom. The predicted molar refractivity (Wildman–Crippen MR) is 113 cm³/mol. The van der Waals surface area contributed by atoms with Crippen LogP contribution in [0.1, 0.15) is 45.2 Å². The third-order valence-corrected chi connectivity index (χ3v) is 4.76. The molecule has 0 aliphatic carbocycles. The van der Waals surface area contributed by atoms with Gasteiger partial charge in [0, 0.05) is 18.2 Å². The van der Waals surface area contributed by atoms with Crippen LogP contribution < -0.4 is 5.73 Å². The molecule has 30 heavy (non-hydrogen) atoms. The second-order valence-electron chi connectivity index (χ2n) is 7.93. The number of hydrogen-bond donors (Lipinski definition) is 1. The van der Waals surface area contributed by atoms with E-state index >= 15 is 0 Å². The lowest BCUT2D eigenvalue weighted by Crippen LogP contribution is -2.43. The van der Waals surface area contributed by atoms with Crippen LogP contribution in [0.15, 0.2) is 46.8 Å². The Bertz CT molecular complexity index is 874. The number of amidine groups is 1. The molecular formula is C21H26F3N3O2S. The number of ether oxygens (including phenoxy) is 1. The Kier molecular flexibility index (Phi) is 7.52. The van der Waals surface area contributed by atoms with Gasteiger partial charge in [-0.05, 0) is 56.8 Å². The van der Waals surface area contributed by atoms with Crippen LogP contribution in [0, 0.1) is 0 Å². The fourth-order valence-corrected chi connectivity index (χ4v) is 3.31. The van der Waals surface area contributed by atoms with Gasteiger partial charge in [0.2, 0.25) is 0 Å². The predicted octanol–water partition coefficient (Wildman–Crippen LogP) is 5.86. The summed E-state index contributed by atoms with van der Waals surface area (Å²) in [5.74, 6) is 0.284. The van der Waals surface area contributed by atoms with Crippen LogP contribution in [-0.4, -0.2) is 34.6 Å². The van der Waals surface area contributed by atoms with Crippen molar-refractivity contribution >= 4 is 28.3 Å². The molecule has 1 amide bonds. The molecule has 0 aliphatic heterocycles. The number of benzene rings is 1. The van der Waals surface area contributed by atoms with E-state index in [1.54, 1.807) is 45.0 Å². The van der Waals surface area contributed by atoms with Crippen molar-refractivity contribution in [3.63, 3.8) is 0 Å². The number of carbonyl (C=O) groups excluding carboxylic acids is 1. The molecule has 1 heterocycles. The zero-order valence-electron chi connectivity index (χ0n) is 17.4. The van der Waals surface area contributed by atoms with Crippen LogP contribution in [0.2, 0.25) is 0 Å². The van der Waals surface area contributed by atoms with Gasteiger partial charge < -0.3 is 15.4 Å². The molecule has 1 aromatic heterocycles. The topological polar surface area (TPSA) is 67.9 Å². The highest BCUT2D eigenvalue weighted by Gasteiger charge is 2.35. The van der Waals surface area contributed by atoms with E-state index in [1.165, 1.54) is 18.3 Å². The maximum absolute atomic E-state index is 12.9. The van der Waals surface area contributed by atoms with Crippen molar-refractivity contribution in [1.82, 2.24) is 4.90 Å². The van der Waals surface area contributed by atoms with Crippen LogP contribution >= 0.6 is 11.3 Å². The highest BCUT2D eigenvalue weighted by molar-refractivity contribution is 7.13. The summed E-state index contributed by atoms with van der Waals surface area (Å²) in [5, 5.41) is 2.62. The van der Waals surface area contributed by atoms with Gasteiger partial charge in [0.15, 0.2) is 0 Å². The maximum atomic E-state index is 12.9. The molecule has 0 aliphatic rings. The Morgan fingerprint density at radius 2 is 1.93 bits per heavy atom. The molecule has 5 nitrogen and oxygen atoms in total. The first-order chi connectivity index (χ1) is 13.8. The van der Waals surface area contributed by atoms with Gasteiger partial charge in [0.25, 0.3) is 0 Å². The van der Waals surface area contributed by atoms with Gasteiger partial charge in [-0.15, -0.1) is 11.3 Å². The lowest BCUT2D eigenvalue weighted by molar-refractivity contribution is -0.145. The molecule has 2 rings (SSSR count). The number of aliphatic imine (C=N–C) groups is 1. The Labute approximate surface area is 178 Å². The fourth-order valence-electron chi connectivity index (χ4n) is 2.71. The first-order valence-corrected chi connectivity index (χ1v) is 10.3. The summed E-state index contributed by atoms with van der Waals surface area (Å²) >= 11 is 1.44. The normalized spacial score (nSPS) is 13.8. The standard InChI is InChI=1S/C21H26F3N3O2S/c1-14(12-21(22,23)24)27(19(28)29-20(2,3)4)13-15-7-5-8-16(11-15)18(25)26-17-9-6-10-30-17/h5-11,14H,12-13H2,1-4H3,(H2,25,26). The lowest BCUT2D eigenvalue weighted by atomic mass is 10.1. The van der Waals surface area contributed by atoms with Crippen molar-refractivity contribution in [2.24, 2.45) is 10.7 Å². The number of amides is 1. The average molecular weight is 442 g/mol. The van der Waals surface area contributed by atoms with E-state index in [0.29, 0.717) is 11.1 Å². The largest absolute Gasteiger partial charge is 0.444 e. The number of carbonyl (C=O) groups is 1. The average Bonchev–Trinajstić information content (AvgIpc) is 3.09. The van der Waals surface area contributed by atoms with E-state index in [-0.39, 0.29) is 12.4 Å². The summed E-state index contributed by atoms with van der Waals surface area (Å²) < 4.78 is 44.2. The third kappa shape index (κ3) is 7.70. The van der Waals surface area contributed by atoms with E-state index < -0.39 is 30.3 Å². The van der Waals surface area contributed by atoms with Gasteiger partial charge in [0.05, 0.1) is 6.42 Å². The summed E-state index contributed by atoms with van der Waals surface area (Å²) in [6.07, 6.45) is -6.34. The monoisotopic (exact) mass is 441 g/mol. The summed E-state index contributed by atoms with van der Waals surface area (Å²) in [7, 11) is 0. The first kappa shape index (κ1) is 23.7. The number of nitrogens with zero attached hydrogens (tertiary/aromatic N) is 2. The number of hydrogen-bond acceptors (Lipinski definition) is 4. The number of thiophene rings is 1. The Morgan fingerprint density at radius 3 is 2.50 bits per heavy atom. The number of alkyl halides is 3. The van der Waals surface area contributed by atoms with Crippen molar-refractivity contribution in [2.45, 2.75) is 58.5 Å². The highest BCUT2D eigenvalue weighted by atomic mass is 32.1. The second-order valence-corrected chi connectivity index (χ2v) is 8.85. The third-order valence-electron chi connectivity index (χ3n) is 4.00. The van der Waals surface area contributed by atoms with E-state index in [9.17, 15) is 18.0 Å². The molecule has 0 saturated carbocycles. The second kappa shape index (κ2) is 9.51. The molecule has 1 atom stereocenters. The zero-order valence-corrected chi connectivity index (χ0v) is 18.2. The molecule has 0 saturated heterocycles. The molecule has 1 unspecified atom stereocenters. The van der Waals surface area contributed by atoms with Gasteiger partial charge in [0.1, 0.15) is 16.4 Å². The molecule has 164 valence electrons. The van der Waals surface area contributed by atoms with Gasteiger partial charge in [-0.3, -0.25) is 0 Å². The van der Waals surface area contributed by atoms with Crippen molar-refractivity contribution < 1.29 is 22.7 Å². The molecule has 0 radical (unpaired) electrons. The van der Waals surface area contributed by atoms with Crippen LogP contribution in [0.4, 0.5) is 23.0 Å². The molecule has 0 spiro atoms. The zero-order chi connectivity index (χ0) is 22.5. The van der Waals surface area contributed by atoms with Crippen molar-refractivity contribution in [3.05, 3.63) is 52.9 Å². The molecule has 0 fully saturated rings. The molecular weight excluding hydrogens is 415 g/mol. The van der Waals surface area contributed by atoms with Crippen molar-refractivity contribution in [2.75, 3.05) is 0 Å². The van der Waals surface area contributed by atoms with Crippen LogP contribution in [0.5, 0.6) is 0 Å². The van der Waals surface area contributed by atoms with Crippen molar-refractivity contribution in [3.8, 4) is 0 Å². The summed E-state index contributed by atoms with van der Waals surface area (Å²) in [6.45, 7) is 6.31. The smallest absolute Gasteiger partial charge is 0.410 e. The minimum absolute atomic E-state index is 0.0493. The van der Waals surface area contributed by atoms with Crippen LogP contribution in [-0.2, 0) is 11.3 Å². The first-order valence-electron chi connectivity index (χ1n) is 9.37. The number of halogens is 3. The molecule has 2 aromatic rings. The van der Waals surface area contributed by atoms with Crippen LogP contribution in [0.3, 0.4) is 0 Å². The quantitative estimate of drug-likeness (QED) is 0.451. The summed E-state index contributed by atoms with van der Waals surface area (Å²) in [6, 6.07) is 9.50. The Balaban J connectivity index is 2.27. The van der Waals surface area contributed by atoms with E-state index in [2.05, 4.69) is 4.99 Å². The minimum atomic E-state index is -4.40. The fraction of sp³-hybridized carbons (Fsp3) is 0.429. The van der Waals surface area contributed by atoms with E-state index in [0.717, 1.165) is 9.90 Å². The summed E-state index contributed by atoms with van der Waals surface area (Å²) in [4.78, 5) is 18.0. The van der Waals surface area contributed by atoms with E-state index in [4.69, 9.17) is 10.5 Å². The number of nitrogens with two attached hydrogens (primary N) is 1. The van der Waals surface area contributed by atoms with Gasteiger partial charge in [-0.25, -0.2) is 9.79 Å². The minimum Gasteiger partial charge on any atom is -0.444 e. The molecule has 9 heteroatoms. The maximum Gasteiger partial charge on any atom is 0.410 e. The lowest BCUT2D eigenvalue weighted by Gasteiger charge is -2.32. The Hall–Kier alpha value is -2.55. The SMILES string of the molecule is CC(CC(F)(F)F)N(Cc1cccc(/C(N)=N/c2cccs2)c1)C(=O)OC(C)(C)C.